The molecule has 0 bridgehead atoms. The van der Waals surface area contributed by atoms with Crippen molar-refractivity contribution >= 4 is 26.1 Å². The van der Waals surface area contributed by atoms with Crippen molar-refractivity contribution < 1.29 is 9.05 Å². The summed E-state index contributed by atoms with van der Waals surface area (Å²) in [6, 6.07) is 8.21. The zero-order chi connectivity index (χ0) is 12.0. The van der Waals surface area contributed by atoms with Gasteiger partial charge in [-0.15, -0.1) is 12.4 Å². The Hall–Kier alpha value is -0.180. The van der Waals surface area contributed by atoms with E-state index in [1.165, 1.54) is 0 Å². The molecule has 0 aromatic heterocycles. The van der Waals surface area contributed by atoms with Crippen LogP contribution in [0.25, 0.3) is 0 Å². The van der Waals surface area contributed by atoms with Crippen LogP contribution in [-0.2, 0) is 9.05 Å². The highest BCUT2D eigenvalue weighted by molar-refractivity contribution is 7.56. The minimum Gasteiger partial charge on any atom is -0.331 e. The molecule has 3 nitrogen and oxygen atoms in total. The van der Waals surface area contributed by atoms with Gasteiger partial charge < -0.3 is 14.8 Å². The third-order valence-corrected chi connectivity index (χ3v) is 3.83. The molecule has 0 fully saturated rings. The van der Waals surface area contributed by atoms with Gasteiger partial charge >= 0.3 is 0 Å². The second kappa shape index (κ2) is 8.84. The van der Waals surface area contributed by atoms with Crippen LogP contribution in [0.4, 0.5) is 0 Å². The van der Waals surface area contributed by atoms with E-state index in [-0.39, 0.29) is 18.4 Å². The average Bonchev–Trinajstić information content (AvgIpc) is 2.29. The molecule has 1 unspecified atom stereocenters. The molecule has 2 N–H and O–H groups in total. The van der Waals surface area contributed by atoms with Crippen molar-refractivity contribution in [2.75, 3.05) is 13.2 Å². The molecule has 0 aliphatic carbocycles. The summed E-state index contributed by atoms with van der Waals surface area (Å²) in [5, 5.41) is 1.10. The van der Waals surface area contributed by atoms with Crippen LogP contribution in [0.15, 0.2) is 24.3 Å². The predicted octanol–water partition coefficient (Wildman–Crippen LogP) is 3.14. The van der Waals surface area contributed by atoms with Gasteiger partial charge in [-0.25, -0.2) is 0 Å². The van der Waals surface area contributed by atoms with Gasteiger partial charge in [-0.05, 0) is 38.5 Å². The lowest BCUT2D eigenvalue weighted by atomic mass is 10.1. The van der Waals surface area contributed by atoms with Crippen LogP contribution in [0.2, 0.25) is 0 Å². The summed E-state index contributed by atoms with van der Waals surface area (Å²) in [4.78, 5) is 0. The molecular formula is C12H21ClNO2P. The van der Waals surface area contributed by atoms with E-state index in [1.807, 2.05) is 45.0 Å². The maximum absolute atomic E-state index is 5.80. The molecule has 0 saturated heterocycles. The first kappa shape index (κ1) is 16.8. The van der Waals surface area contributed by atoms with E-state index < -0.39 is 8.38 Å². The van der Waals surface area contributed by atoms with E-state index in [1.54, 1.807) is 0 Å². The number of halogens is 1. The van der Waals surface area contributed by atoms with E-state index in [9.17, 15) is 0 Å². The minimum atomic E-state index is -0.928. The van der Waals surface area contributed by atoms with Gasteiger partial charge in [-0.1, -0.05) is 12.1 Å². The van der Waals surface area contributed by atoms with Gasteiger partial charge in [0.25, 0.3) is 0 Å². The second-order valence-corrected chi connectivity index (χ2v) is 5.02. The standard InChI is InChI=1S/C12H20NO2P.ClH/c1-4-14-16(15-5-2)12-8-6-11(7-9-12)10(3)13;/h6-10H,4-5,13H2,1-3H3;1H. The Labute approximate surface area is 111 Å². The van der Waals surface area contributed by atoms with Crippen molar-refractivity contribution in [1.29, 1.82) is 0 Å². The molecule has 1 aromatic rings. The molecule has 1 atom stereocenters. The third-order valence-electron chi connectivity index (χ3n) is 2.12. The zero-order valence-electron chi connectivity index (χ0n) is 10.6. The molecule has 0 spiro atoms. The monoisotopic (exact) mass is 277 g/mol. The molecule has 17 heavy (non-hydrogen) atoms. The summed E-state index contributed by atoms with van der Waals surface area (Å²) in [5.41, 5.74) is 6.93. The van der Waals surface area contributed by atoms with Gasteiger partial charge in [0.1, 0.15) is 0 Å². The summed E-state index contributed by atoms with van der Waals surface area (Å²) < 4.78 is 11.2. The lowest BCUT2D eigenvalue weighted by Gasteiger charge is -2.16. The Morgan fingerprint density at radius 1 is 1.12 bits per heavy atom. The Bertz CT molecular complexity index is 300. The predicted molar refractivity (Wildman–Crippen MR) is 76.1 cm³/mol. The Morgan fingerprint density at radius 3 is 1.94 bits per heavy atom. The number of hydrogen-bond donors (Lipinski definition) is 1. The summed E-state index contributed by atoms with van der Waals surface area (Å²) in [6.45, 7) is 7.26. The fourth-order valence-corrected chi connectivity index (χ4v) is 2.55. The molecule has 0 saturated carbocycles. The molecule has 1 aromatic carbocycles. The van der Waals surface area contributed by atoms with Crippen molar-refractivity contribution in [1.82, 2.24) is 0 Å². The van der Waals surface area contributed by atoms with Gasteiger partial charge in [0.15, 0.2) is 0 Å². The fraction of sp³-hybridized carbons (Fsp3) is 0.500. The molecule has 5 heteroatoms. The van der Waals surface area contributed by atoms with Crippen LogP contribution in [0.3, 0.4) is 0 Å². The van der Waals surface area contributed by atoms with Gasteiger partial charge in [-0.3, -0.25) is 0 Å². The topological polar surface area (TPSA) is 44.5 Å². The van der Waals surface area contributed by atoms with Crippen molar-refractivity contribution in [2.24, 2.45) is 5.73 Å². The molecule has 0 aliphatic rings. The smallest absolute Gasteiger partial charge is 0.205 e. The summed E-state index contributed by atoms with van der Waals surface area (Å²) >= 11 is 0. The number of hydrogen-bond acceptors (Lipinski definition) is 3. The summed E-state index contributed by atoms with van der Waals surface area (Å²) in [5.74, 6) is 0. The van der Waals surface area contributed by atoms with Crippen molar-refractivity contribution in [3.8, 4) is 0 Å². The molecule has 0 amide bonds. The highest BCUT2D eigenvalue weighted by Crippen LogP contribution is 2.36. The van der Waals surface area contributed by atoms with Crippen molar-refractivity contribution in [3.63, 3.8) is 0 Å². The first-order valence-electron chi connectivity index (χ1n) is 5.60. The molecule has 1 rings (SSSR count). The first-order chi connectivity index (χ1) is 7.69. The largest absolute Gasteiger partial charge is 0.331 e. The Morgan fingerprint density at radius 2 is 1.59 bits per heavy atom. The van der Waals surface area contributed by atoms with Crippen molar-refractivity contribution in [2.45, 2.75) is 26.8 Å². The quantitative estimate of drug-likeness (QED) is 0.813. The van der Waals surface area contributed by atoms with Gasteiger partial charge in [0, 0.05) is 11.3 Å². The highest BCUT2D eigenvalue weighted by atomic mass is 35.5. The minimum absolute atomic E-state index is 0. The molecule has 98 valence electrons. The molecule has 0 radical (unpaired) electrons. The maximum atomic E-state index is 5.80. The van der Waals surface area contributed by atoms with Crippen LogP contribution in [-0.4, -0.2) is 13.2 Å². The second-order valence-electron chi connectivity index (χ2n) is 3.47. The summed E-state index contributed by atoms with van der Waals surface area (Å²) in [6.07, 6.45) is 0. The highest BCUT2D eigenvalue weighted by Gasteiger charge is 2.12. The van der Waals surface area contributed by atoms with E-state index in [0.29, 0.717) is 13.2 Å². The Balaban J connectivity index is 0.00000256. The maximum Gasteiger partial charge on any atom is 0.205 e. The Kier molecular flexibility index (Phi) is 8.75. The van der Waals surface area contributed by atoms with Crippen molar-refractivity contribution in [3.05, 3.63) is 29.8 Å². The van der Waals surface area contributed by atoms with Crippen LogP contribution < -0.4 is 11.0 Å². The van der Waals surface area contributed by atoms with Crippen LogP contribution >= 0.6 is 20.8 Å². The summed E-state index contributed by atoms with van der Waals surface area (Å²) in [7, 11) is -0.928. The van der Waals surface area contributed by atoms with Crippen LogP contribution in [0.1, 0.15) is 32.4 Å². The number of nitrogens with two attached hydrogens (primary N) is 1. The van der Waals surface area contributed by atoms with E-state index >= 15 is 0 Å². The van der Waals surface area contributed by atoms with Crippen LogP contribution in [0.5, 0.6) is 0 Å². The SMILES string of the molecule is CCOP(OCC)c1ccc(C(C)N)cc1.Cl. The molecular weight excluding hydrogens is 257 g/mol. The zero-order valence-corrected chi connectivity index (χ0v) is 12.3. The third kappa shape index (κ3) is 5.33. The normalized spacial score (nSPS) is 12.3. The number of rotatable bonds is 6. The van der Waals surface area contributed by atoms with Crippen LogP contribution in [0, 0.1) is 0 Å². The lowest BCUT2D eigenvalue weighted by Crippen LogP contribution is -2.09. The molecule has 0 aliphatic heterocycles. The van der Waals surface area contributed by atoms with E-state index in [4.69, 9.17) is 14.8 Å². The van der Waals surface area contributed by atoms with E-state index in [2.05, 4.69) is 0 Å². The average molecular weight is 278 g/mol. The molecule has 0 heterocycles. The van der Waals surface area contributed by atoms with Gasteiger partial charge in [0.2, 0.25) is 8.38 Å². The van der Waals surface area contributed by atoms with E-state index in [0.717, 1.165) is 10.9 Å². The first-order valence-corrected chi connectivity index (χ1v) is 6.78. The van der Waals surface area contributed by atoms with Gasteiger partial charge in [0.05, 0.1) is 13.2 Å². The lowest BCUT2D eigenvalue weighted by molar-refractivity contribution is 0.277. The fourth-order valence-electron chi connectivity index (χ4n) is 1.32. The van der Waals surface area contributed by atoms with Gasteiger partial charge in [-0.2, -0.15) is 0 Å². The number of benzene rings is 1.